The molecule has 0 saturated carbocycles. The summed E-state index contributed by atoms with van der Waals surface area (Å²) in [7, 11) is 1.60. The Kier molecular flexibility index (Phi) is 5.14. The van der Waals surface area contributed by atoms with Crippen LogP contribution in [0.25, 0.3) is 0 Å². The molecule has 118 valence electrons. The highest BCUT2D eigenvalue weighted by atomic mass is 16.5. The van der Waals surface area contributed by atoms with Crippen molar-refractivity contribution in [2.45, 2.75) is 32.2 Å². The minimum Gasteiger partial charge on any atom is -0.497 e. The van der Waals surface area contributed by atoms with Crippen molar-refractivity contribution in [1.29, 1.82) is 0 Å². The number of imide groups is 1. The lowest BCUT2D eigenvalue weighted by molar-refractivity contribution is -0.138. The normalized spacial score (nSPS) is 15.8. The van der Waals surface area contributed by atoms with Gasteiger partial charge < -0.3 is 10.1 Å². The van der Waals surface area contributed by atoms with Crippen molar-refractivity contribution in [3.63, 3.8) is 0 Å². The third kappa shape index (κ3) is 3.84. The quantitative estimate of drug-likeness (QED) is 0.806. The number of nitrogens with zero attached hydrogens (tertiary/aromatic N) is 1. The molecule has 0 bridgehead atoms. The molecule has 0 aliphatic carbocycles. The van der Waals surface area contributed by atoms with Crippen LogP contribution in [0.4, 0.5) is 0 Å². The van der Waals surface area contributed by atoms with Gasteiger partial charge in [-0.3, -0.25) is 19.3 Å². The Morgan fingerprint density at radius 1 is 1.23 bits per heavy atom. The Balaban J connectivity index is 1.83. The first-order chi connectivity index (χ1) is 10.5. The number of methoxy groups -OCH3 is 1. The second-order valence-electron chi connectivity index (χ2n) is 5.25. The second-order valence-corrected chi connectivity index (χ2v) is 5.25. The van der Waals surface area contributed by atoms with Crippen LogP contribution >= 0.6 is 0 Å². The van der Waals surface area contributed by atoms with E-state index in [4.69, 9.17) is 4.74 Å². The molecule has 1 N–H and O–H groups in total. The molecule has 1 aromatic carbocycles. The van der Waals surface area contributed by atoms with Crippen LogP contribution in [0.2, 0.25) is 0 Å². The Hall–Kier alpha value is -2.37. The van der Waals surface area contributed by atoms with Crippen molar-refractivity contribution in [2.24, 2.45) is 0 Å². The van der Waals surface area contributed by atoms with Crippen LogP contribution in [-0.4, -0.2) is 36.3 Å². The fourth-order valence-corrected chi connectivity index (χ4v) is 2.38. The first kappa shape index (κ1) is 16.0. The summed E-state index contributed by atoms with van der Waals surface area (Å²) in [4.78, 5) is 36.0. The zero-order valence-corrected chi connectivity index (χ0v) is 12.8. The molecule has 22 heavy (non-hydrogen) atoms. The zero-order chi connectivity index (χ0) is 16.1. The van der Waals surface area contributed by atoms with Crippen molar-refractivity contribution in [3.05, 3.63) is 29.8 Å². The van der Waals surface area contributed by atoms with Gasteiger partial charge in [0, 0.05) is 25.8 Å². The molecule has 1 atom stereocenters. The number of likely N-dealkylation sites (tertiary alicyclic amines) is 1. The van der Waals surface area contributed by atoms with E-state index in [0.29, 0.717) is 0 Å². The van der Waals surface area contributed by atoms with Crippen LogP contribution in [0.1, 0.15) is 37.8 Å². The molecule has 1 aromatic rings. The van der Waals surface area contributed by atoms with Crippen LogP contribution in [0.5, 0.6) is 5.75 Å². The first-order valence-corrected chi connectivity index (χ1v) is 7.27. The van der Waals surface area contributed by atoms with Gasteiger partial charge in [0.2, 0.25) is 17.7 Å². The third-order valence-electron chi connectivity index (χ3n) is 3.71. The summed E-state index contributed by atoms with van der Waals surface area (Å²) >= 11 is 0. The summed E-state index contributed by atoms with van der Waals surface area (Å²) in [5, 5.41) is 2.86. The van der Waals surface area contributed by atoms with E-state index in [1.54, 1.807) is 7.11 Å². The molecule has 1 heterocycles. The lowest BCUT2D eigenvalue weighted by atomic mass is 10.1. The molecular formula is C16H20N2O4. The van der Waals surface area contributed by atoms with Gasteiger partial charge in [-0.05, 0) is 24.6 Å². The van der Waals surface area contributed by atoms with E-state index < -0.39 is 0 Å². The van der Waals surface area contributed by atoms with Crippen molar-refractivity contribution in [3.8, 4) is 5.75 Å². The summed E-state index contributed by atoms with van der Waals surface area (Å²) in [6.45, 7) is 2.03. The van der Waals surface area contributed by atoms with Crippen LogP contribution in [0, 0.1) is 0 Å². The highest BCUT2D eigenvalue weighted by Gasteiger charge is 2.28. The highest BCUT2D eigenvalue weighted by Crippen LogP contribution is 2.17. The van der Waals surface area contributed by atoms with Gasteiger partial charge in [-0.25, -0.2) is 0 Å². The van der Waals surface area contributed by atoms with Gasteiger partial charge in [0.05, 0.1) is 13.2 Å². The maximum Gasteiger partial charge on any atom is 0.229 e. The predicted molar refractivity (Wildman–Crippen MR) is 80.1 cm³/mol. The van der Waals surface area contributed by atoms with E-state index >= 15 is 0 Å². The van der Waals surface area contributed by atoms with Crippen molar-refractivity contribution in [2.75, 3.05) is 13.7 Å². The largest absolute Gasteiger partial charge is 0.497 e. The number of benzene rings is 1. The topological polar surface area (TPSA) is 75.7 Å². The lowest BCUT2D eigenvalue weighted by Crippen LogP contribution is -2.34. The number of amides is 3. The van der Waals surface area contributed by atoms with Crippen LogP contribution in [0.15, 0.2) is 24.3 Å². The Morgan fingerprint density at radius 3 is 2.36 bits per heavy atom. The number of ether oxygens (including phenoxy) is 1. The summed E-state index contributed by atoms with van der Waals surface area (Å²) < 4.78 is 5.09. The maximum atomic E-state index is 11.9. The Labute approximate surface area is 129 Å². The molecule has 1 fully saturated rings. The minimum absolute atomic E-state index is 0.123. The first-order valence-electron chi connectivity index (χ1n) is 7.27. The number of carbonyl (C=O) groups is 3. The van der Waals surface area contributed by atoms with Crippen molar-refractivity contribution in [1.82, 2.24) is 10.2 Å². The molecule has 2 rings (SSSR count). The summed E-state index contributed by atoms with van der Waals surface area (Å²) in [6, 6.07) is 7.29. The molecule has 6 heteroatoms. The molecule has 1 saturated heterocycles. The Morgan fingerprint density at radius 2 is 1.82 bits per heavy atom. The Bertz CT molecular complexity index is 552. The van der Waals surface area contributed by atoms with Crippen LogP contribution in [-0.2, 0) is 14.4 Å². The lowest BCUT2D eigenvalue weighted by Gasteiger charge is -2.17. The summed E-state index contributed by atoms with van der Waals surface area (Å²) in [5.74, 6) is 0.186. The SMILES string of the molecule is COc1ccc([C@@H](C)NC(=O)CCN2C(=O)CCC2=O)cc1. The molecule has 0 aromatic heterocycles. The predicted octanol–water partition coefficient (Wildman–Crippen LogP) is 1.41. The monoisotopic (exact) mass is 304 g/mol. The van der Waals surface area contributed by atoms with E-state index in [2.05, 4.69) is 5.32 Å². The zero-order valence-electron chi connectivity index (χ0n) is 12.8. The van der Waals surface area contributed by atoms with Gasteiger partial charge in [0.15, 0.2) is 0 Å². The average Bonchev–Trinajstić information content (AvgIpc) is 2.84. The minimum atomic E-state index is -0.194. The van der Waals surface area contributed by atoms with Crippen molar-refractivity contribution < 1.29 is 19.1 Å². The van der Waals surface area contributed by atoms with E-state index in [-0.39, 0.29) is 49.6 Å². The highest BCUT2D eigenvalue weighted by molar-refractivity contribution is 6.02. The van der Waals surface area contributed by atoms with Crippen LogP contribution in [0.3, 0.4) is 0 Å². The summed E-state index contributed by atoms with van der Waals surface area (Å²) in [5.41, 5.74) is 0.961. The molecule has 3 amide bonds. The standard InChI is InChI=1S/C16H20N2O4/c1-11(12-3-5-13(22-2)6-4-12)17-14(19)9-10-18-15(20)7-8-16(18)21/h3-6,11H,7-10H2,1-2H3,(H,17,19)/t11-/m1/s1. The van der Waals surface area contributed by atoms with E-state index in [1.807, 2.05) is 31.2 Å². The molecular weight excluding hydrogens is 284 g/mol. The number of hydrogen-bond acceptors (Lipinski definition) is 4. The van der Waals surface area contributed by atoms with Gasteiger partial charge in [-0.2, -0.15) is 0 Å². The molecule has 0 radical (unpaired) electrons. The van der Waals surface area contributed by atoms with Gasteiger partial charge in [-0.1, -0.05) is 12.1 Å². The van der Waals surface area contributed by atoms with Gasteiger partial charge in [0.1, 0.15) is 5.75 Å². The van der Waals surface area contributed by atoms with E-state index in [1.165, 1.54) is 0 Å². The molecule has 6 nitrogen and oxygen atoms in total. The third-order valence-corrected chi connectivity index (χ3v) is 3.71. The number of carbonyl (C=O) groups excluding carboxylic acids is 3. The number of hydrogen-bond donors (Lipinski definition) is 1. The molecule has 1 aliphatic rings. The van der Waals surface area contributed by atoms with Gasteiger partial charge >= 0.3 is 0 Å². The van der Waals surface area contributed by atoms with Gasteiger partial charge in [-0.15, -0.1) is 0 Å². The van der Waals surface area contributed by atoms with E-state index in [9.17, 15) is 14.4 Å². The molecule has 0 unspecified atom stereocenters. The number of nitrogens with one attached hydrogen (secondary N) is 1. The second kappa shape index (κ2) is 7.06. The molecule has 1 aliphatic heterocycles. The average molecular weight is 304 g/mol. The maximum absolute atomic E-state index is 11.9. The number of rotatable bonds is 6. The fraction of sp³-hybridized carbons (Fsp3) is 0.438. The van der Waals surface area contributed by atoms with Crippen LogP contribution < -0.4 is 10.1 Å². The van der Waals surface area contributed by atoms with E-state index in [0.717, 1.165) is 16.2 Å². The van der Waals surface area contributed by atoms with Crippen molar-refractivity contribution >= 4 is 17.7 Å². The summed E-state index contributed by atoms with van der Waals surface area (Å²) in [6.07, 6.45) is 0.628. The molecule has 0 spiro atoms. The van der Waals surface area contributed by atoms with Gasteiger partial charge in [0.25, 0.3) is 0 Å². The fourth-order valence-electron chi connectivity index (χ4n) is 2.38. The smallest absolute Gasteiger partial charge is 0.229 e.